The molecular formula is C15H27N5O7. The zero-order valence-corrected chi connectivity index (χ0v) is 15.4. The number of amides is 3. The number of nitrogens with two attached hydrogens (primary N) is 1. The van der Waals surface area contributed by atoms with E-state index in [-0.39, 0.29) is 19.3 Å². The van der Waals surface area contributed by atoms with Crippen LogP contribution in [0, 0.1) is 0 Å². The summed E-state index contributed by atoms with van der Waals surface area (Å²) < 4.78 is 0. The number of carbonyl (C=O) groups is 5. The normalized spacial score (nSPS) is 15.0. The standard InChI is InChI=1S/C15H27N5O7/c1-7(17-9(3)21)12(22)18-8(2)13(23)19-10(14(24)25)5-4-6-11(20-16)15(26)27/h7-8,10-11,20H,4-6,16H2,1-3H3,(H,17,21)(H,18,22)(H,19,23)(H,24,25)(H,26,27)/t7-,8-,10-,11?/m0/s1. The van der Waals surface area contributed by atoms with Gasteiger partial charge in [-0.05, 0) is 33.1 Å². The van der Waals surface area contributed by atoms with Crippen LogP contribution in [0.2, 0.25) is 0 Å². The zero-order valence-electron chi connectivity index (χ0n) is 15.4. The van der Waals surface area contributed by atoms with Crippen molar-refractivity contribution in [3.8, 4) is 0 Å². The van der Waals surface area contributed by atoms with E-state index >= 15 is 0 Å². The number of hydrogen-bond acceptors (Lipinski definition) is 7. The molecule has 0 radical (unpaired) electrons. The van der Waals surface area contributed by atoms with Crippen LogP contribution >= 0.6 is 0 Å². The predicted octanol–water partition coefficient (Wildman–Crippen LogP) is -2.33. The number of carboxylic acid groups (broad SMARTS) is 2. The Bertz CT molecular complexity index is 569. The molecule has 12 heteroatoms. The first-order valence-electron chi connectivity index (χ1n) is 8.29. The maximum absolute atomic E-state index is 12.1. The van der Waals surface area contributed by atoms with E-state index < -0.39 is 53.8 Å². The Labute approximate surface area is 156 Å². The number of nitrogens with one attached hydrogen (secondary N) is 4. The summed E-state index contributed by atoms with van der Waals surface area (Å²) in [5, 5.41) is 25.1. The van der Waals surface area contributed by atoms with Crippen molar-refractivity contribution in [1.29, 1.82) is 0 Å². The van der Waals surface area contributed by atoms with Gasteiger partial charge in [-0.2, -0.15) is 0 Å². The lowest BCUT2D eigenvalue weighted by Gasteiger charge is -2.21. The molecule has 0 saturated carbocycles. The Morgan fingerprint density at radius 3 is 1.70 bits per heavy atom. The van der Waals surface area contributed by atoms with Gasteiger partial charge in [-0.1, -0.05) is 0 Å². The second-order valence-corrected chi connectivity index (χ2v) is 6.04. The van der Waals surface area contributed by atoms with E-state index in [1.807, 2.05) is 0 Å². The second-order valence-electron chi connectivity index (χ2n) is 6.04. The highest BCUT2D eigenvalue weighted by Crippen LogP contribution is 2.05. The van der Waals surface area contributed by atoms with Crippen LogP contribution in [0.4, 0.5) is 0 Å². The molecule has 4 atom stereocenters. The van der Waals surface area contributed by atoms with Gasteiger partial charge >= 0.3 is 11.9 Å². The van der Waals surface area contributed by atoms with Crippen LogP contribution in [0.5, 0.6) is 0 Å². The van der Waals surface area contributed by atoms with Crippen LogP contribution in [0.25, 0.3) is 0 Å². The van der Waals surface area contributed by atoms with Gasteiger partial charge in [-0.15, -0.1) is 0 Å². The summed E-state index contributed by atoms with van der Waals surface area (Å²) in [7, 11) is 0. The van der Waals surface area contributed by atoms with Crippen LogP contribution < -0.4 is 27.2 Å². The molecule has 0 aliphatic rings. The summed E-state index contributed by atoms with van der Waals surface area (Å²) >= 11 is 0. The van der Waals surface area contributed by atoms with Crippen LogP contribution in [-0.4, -0.2) is 64.0 Å². The first-order chi connectivity index (χ1) is 12.5. The molecular weight excluding hydrogens is 362 g/mol. The molecule has 3 amide bonds. The lowest BCUT2D eigenvalue weighted by atomic mass is 10.1. The van der Waals surface area contributed by atoms with E-state index in [1.165, 1.54) is 20.8 Å². The Kier molecular flexibility index (Phi) is 10.6. The van der Waals surface area contributed by atoms with Crippen LogP contribution in [0.1, 0.15) is 40.0 Å². The molecule has 0 aliphatic heterocycles. The number of carboxylic acids is 2. The molecule has 0 aromatic rings. The Morgan fingerprint density at radius 2 is 1.26 bits per heavy atom. The Morgan fingerprint density at radius 1 is 0.815 bits per heavy atom. The monoisotopic (exact) mass is 389 g/mol. The highest BCUT2D eigenvalue weighted by molar-refractivity contribution is 5.92. The summed E-state index contributed by atoms with van der Waals surface area (Å²) in [4.78, 5) is 57.0. The smallest absolute Gasteiger partial charge is 0.326 e. The summed E-state index contributed by atoms with van der Waals surface area (Å²) in [6.07, 6.45) is 0.236. The Balaban J connectivity index is 4.61. The molecule has 8 N–H and O–H groups in total. The van der Waals surface area contributed by atoms with Gasteiger partial charge in [0.1, 0.15) is 24.2 Å². The van der Waals surface area contributed by atoms with Gasteiger partial charge < -0.3 is 26.2 Å². The molecule has 27 heavy (non-hydrogen) atoms. The average Bonchev–Trinajstić information content (AvgIpc) is 2.55. The fraction of sp³-hybridized carbons (Fsp3) is 0.667. The lowest BCUT2D eigenvalue weighted by molar-refractivity contribution is -0.142. The zero-order chi connectivity index (χ0) is 21.1. The van der Waals surface area contributed by atoms with Gasteiger partial charge in [0.2, 0.25) is 17.7 Å². The largest absolute Gasteiger partial charge is 0.480 e. The second kappa shape index (κ2) is 11.8. The molecule has 1 unspecified atom stereocenters. The van der Waals surface area contributed by atoms with E-state index in [2.05, 4.69) is 21.4 Å². The average molecular weight is 389 g/mol. The van der Waals surface area contributed by atoms with Crippen molar-refractivity contribution in [3.05, 3.63) is 0 Å². The summed E-state index contributed by atoms with van der Waals surface area (Å²) in [6, 6.07) is -4.17. The highest BCUT2D eigenvalue weighted by Gasteiger charge is 2.26. The van der Waals surface area contributed by atoms with Crippen molar-refractivity contribution in [1.82, 2.24) is 21.4 Å². The van der Waals surface area contributed by atoms with Crippen molar-refractivity contribution in [3.63, 3.8) is 0 Å². The summed E-state index contributed by atoms with van der Waals surface area (Å²) in [5.74, 6) is 0.896. The molecule has 0 spiro atoms. The summed E-state index contributed by atoms with van der Waals surface area (Å²) in [6.45, 7) is 4.05. The van der Waals surface area contributed by atoms with E-state index in [0.29, 0.717) is 0 Å². The van der Waals surface area contributed by atoms with Crippen molar-refractivity contribution >= 4 is 29.7 Å². The minimum absolute atomic E-state index is 0.0184. The number of rotatable bonds is 12. The molecule has 0 saturated heterocycles. The van der Waals surface area contributed by atoms with Crippen molar-refractivity contribution < 1.29 is 34.2 Å². The molecule has 154 valence electrons. The van der Waals surface area contributed by atoms with E-state index in [0.717, 1.165) is 0 Å². The lowest BCUT2D eigenvalue weighted by Crippen LogP contribution is -2.53. The van der Waals surface area contributed by atoms with Gasteiger partial charge in [0.15, 0.2) is 0 Å². The molecule has 12 nitrogen and oxygen atoms in total. The Hall–Kier alpha value is -2.73. The van der Waals surface area contributed by atoms with E-state index in [4.69, 9.17) is 10.9 Å². The fourth-order valence-corrected chi connectivity index (χ4v) is 2.13. The number of hydrogen-bond donors (Lipinski definition) is 7. The van der Waals surface area contributed by atoms with E-state index in [1.54, 1.807) is 0 Å². The van der Waals surface area contributed by atoms with Crippen LogP contribution in [0.15, 0.2) is 0 Å². The van der Waals surface area contributed by atoms with Gasteiger partial charge in [0.05, 0.1) is 0 Å². The van der Waals surface area contributed by atoms with Gasteiger partial charge in [0.25, 0.3) is 0 Å². The van der Waals surface area contributed by atoms with Crippen molar-refractivity contribution in [2.75, 3.05) is 0 Å². The third-order valence-electron chi connectivity index (χ3n) is 3.66. The first-order valence-corrected chi connectivity index (χ1v) is 8.29. The van der Waals surface area contributed by atoms with E-state index in [9.17, 15) is 29.1 Å². The predicted molar refractivity (Wildman–Crippen MR) is 93.0 cm³/mol. The third-order valence-corrected chi connectivity index (χ3v) is 3.66. The van der Waals surface area contributed by atoms with Gasteiger partial charge in [-0.3, -0.25) is 25.0 Å². The quantitative estimate of drug-likeness (QED) is 0.141. The molecule has 0 heterocycles. The molecule has 0 bridgehead atoms. The molecule has 0 aliphatic carbocycles. The fourth-order valence-electron chi connectivity index (χ4n) is 2.13. The topological polar surface area (TPSA) is 200 Å². The molecule has 0 rings (SSSR count). The summed E-state index contributed by atoms with van der Waals surface area (Å²) in [5.41, 5.74) is 2.10. The molecule has 0 aromatic carbocycles. The van der Waals surface area contributed by atoms with Gasteiger partial charge in [0, 0.05) is 6.92 Å². The molecule has 0 fully saturated rings. The number of hydrazine groups is 1. The number of aliphatic carboxylic acids is 2. The SMILES string of the molecule is CC(=O)N[C@@H](C)C(=O)N[C@@H](C)C(=O)N[C@@H](CCCC(NN)C(=O)O)C(=O)O. The molecule has 0 aromatic heterocycles. The number of carbonyl (C=O) groups excluding carboxylic acids is 3. The minimum Gasteiger partial charge on any atom is -0.480 e. The maximum atomic E-state index is 12.1. The highest BCUT2D eigenvalue weighted by atomic mass is 16.4. The van der Waals surface area contributed by atoms with Gasteiger partial charge in [-0.25, -0.2) is 10.2 Å². The minimum atomic E-state index is -1.29. The van der Waals surface area contributed by atoms with Crippen LogP contribution in [0.3, 0.4) is 0 Å². The van der Waals surface area contributed by atoms with Crippen LogP contribution in [-0.2, 0) is 24.0 Å². The first kappa shape index (κ1) is 24.3. The van der Waals surface area contributed by atoms with Crippen molar-refractivity contribution in [2.45, 2.75) is 64.2 Å². The maximum Gasteiger partial charge on any atom is 0.326 e. The van der Waals surface area contributed by atoms with Crippen molar-refractivity contribution in [2.24, 2.45) is 5.84 Å². The third kappa shape index (κ3) is 9.51.